The van der Waals surface area contributed by atoms with Gasteiger partial charge < -0.3 is 5.73 Å². The Morgan fingerprint density at radius 3 is 2.87 bits per heavy atom. The van der Waals surface area contributed by atoms with Crippen LogP contribution in [0.25, 0.3) is 5.82 Å². The van der Waals surface area contributed by atoms with Crippen molar-refractivity contribution in [1.82, 2.24) is 19.7 Å². The molecule has 2 aromatic rings. The summed E-state index contributed by atoms with van der Waals surface area (Å²) in [6, 6.07) is 5.65. The van der Waals surface area contributed by atoms with Crippen LogP contribution in [-0.2, 0) is 0 Å². The van der Waals surface area contributed by atoms with Gasteiger partial charge in [-0.05, 0) is 19.1 Å². The van der Waals surface area contributed by atoms with Crippen LogP contribution in [0.3, 0.4) is 0 Å². The van der Waals surface area contributed by atoms with Gasteiger partial charge in [0.1, 0.15) is 11.3 Å². The first-order valence-corrected chi connectivity index (χ1v) is 4.73. The lowest BCUT2D eigenvalue weighted by atomic mass is 10.4. The Morgan fingerprint density at radius 1 is 1.47 bits per heavy atom. The second-order valence-corrected chi connectivity index (χ2v) is 3.45. The summed E-state index contributed by atoms with van der Waals surface area (Å²) in [7, 11) is 0. The fraction of sp³-hybridized carbons (Fsp3) is 0.111. The van der Waals surface area contributed by atoms with E-state index in [0.29, 0.717) is 11.6 Å². The molecule has 0 fully saturated rings. The molecule has 0 aliphatic heterocycles. The summed E-state index contributed by atoms with van der Waals surface area (Å²) in [4.78, 5) is 8.44. The largest absolute Gasteiger partial charge is 0.387 e. The molecule has 76 valence electrons. The van der Waals surface area contributed by atoms with E-state index in [2.05, 4.69) is 15.1 Å². The summed E-state index contributed by atoms with van der Waals surface area (Å²) in [6.07, 6.45) is 1.54. The Morgan fingerprint density at radius 2 is 2.27 bits per heavy atom. The summed E-state index contributed by atoms with van der Waals surface area (Å²) >= 11 is 4.77. The Bertz CT molecular complexity index is 505. The van der Waals surface area contributed by atoms with Crippen molar-refractivity contribution >= 4 is 17.2 Å². The van der Waals surface area contributed by atoms with Crippen LogP contribution in [0.2, 0.25) is 0 Å². The second kappa shape index (κ2) is 3.74. The Labute approximate surface area is 92.0 Å². The highest BCUT2D eigenvalue weighted by Gasteiger charge is 2.05. The van der Waals surface area contributed by atoms with Crippen molar-refractivity contribution in [1.29, 1.82) is 0 Å². The highest BCUT2D eigenvalue weighted by molar-refractivity contribution is 7.80. The zero-order chi connectivity index (χ0) is 10.8. The number of rotatable bonds is 2. The highest BCUT2D eigenvalue weighted by atomic mass is 32.1. The van der Waals surface area contributed by atoms with Crippen LogP contribution in [0.5, 0.6) is 0 Å². The molecule has 0 spiro atoms. The number of nitrogens with zero attached hydrogens (tertiary/aromatic N) is 4. The first kappa shape index (κ1) is 9.72. The zero-order valence-electron chi connectivity index (χ0n) is 8.08. The SMILES string of the molecule is Cc1cccc(-n2cnc(C(N)=S)n2)n1. The number of aryl methyl sites for hydroxylation is 1. The quantitative estimate of drug-likeness (QED) is 0.749. The number of hydrogen-bond donors (Lipinski definition) is 1. The minimum absolute atomic E-state index is 0.182. The van der Waals surface area contributed by atoms with Crippen LogP contribution < -0.4 is 5.73 Å². The molecule has 0 radical (unpaired) electrons. The molecule has 6 heteroatoms. The van der Waals surface area contributed by atoms with Crippen LogP contribution in [0.1, 0.15) is 11.5 Å². The van der Waals surface area contributed by atoms with Gasteiger partial charge in [0, 0.05) is 5.69 Å². The van der Waals surface area contributed by atoms with Gasteiger partial charge in [0.25, 0.3) is 0 Å². The molecule has 5 nitrogen and oxygen atoms in total. The minimum Gasteiger partial charge on any atom is -0.387 e. The smallest absolute Gasteiger partial charge is 0.208 e. The van der Waals surface area contributed by atoms with Crippen molar-refractivity contribution in [2.75, 3.05) is 0 Å². The molecule has 15 heavy (non-hydrogen) atoms. The average molecular weight is 219 g/mol. The van der Waals surface area contributed by atoms with Crippen molar-refractivity contribution in [2.24, 2.45) is 5.73 Å². The van der Waals surface area contributed by atoms with E-state index in [1.165, 1.54) is 6.33 Å². The number of aromatic nitrogens is 4. The Balaban J connectivity index is 2.41. The lowest BCUT2D eigenvalue weighted by Gasteiger charge is -1.99. The van der Waals surface area contributed by atoms with Gasteiger partial charge >= 0.3 is 0 Å². The molecule has 2 rings (SSSR count). The third-order valence-electron chi connectivity index (χ3n) is 1.82. The number of pyridine rings is 1. The van der Waals surface area contributed by atoms with Gasteiger partial charge in [0.05, 0.1) is 0 Å². The summed E-state index contributed by atoms with van der Waals surface area (Å²) < 4.78 is 1.54. The lowest BCUT2D eigenvalue weighted by molar-refractivity contribution is 0.836. The van der Waals surface area contributed by atoms with Crippen molar-refractivity contribution in [2.45, 2.75) is 6.92 Å². The molecule has 2 N–H and O–H groups in total. The molecule has 2 heterocycles. The lowest BCUT2D eigenvalue weighted by Crippen LogP contribution is -2.12. The molecular formula is C9H9N5S. The molecule has 0 saturated carbocycles. The molecular weight excluding hydrogens is 210 g/mol. The van der Waals surface area contributed by atoms with E-state index in [1.54, 1.807) is 4.68 Å². The first-order valence-electron chi connectivity index (χ1n) is 4.32. The maximum Gasteiger partial charge on any atom is 0.208 e. The molecule has 0 unspecified atom stereocenters. The van der Waals surface area contributed by atoms with E-state index in [4.69, 9.17) is 18.0 Å². The predicted molar refractivity (Wildman–Crippen MR) is 59.8 cm³/mol. The number of thiocarbonyl (C=S) groups is 1. The van der Waals surface area contributed by atoms with Crippen molar-refractivity contribution in [3.63, 3.8) is 0 Å². The average Bonchev–Trinajstić information content (AvgIpc) is 2.66. The van der Waals surface area contributed by atoms with Gasteiger partial charge in [-0.1, -0.05) is 18.3 Å². The first-order chi connectivity index (χ1) is 7.16. The van der Waals surface area contributed by atoms with Crippen LogP contribution in [0, 0.1) is 6.92 Å². The third kappa shape index (κ3) is 1.99. The van der Waals surface area contributed by atoms with Crippen LogP contribution in [0.15, 0.2) is 24.5 Å². The zero-order valence-corrected chi connectivity index (χ0v) is 8.90. The normalized spacial score (nSPS) is 10.2. The topological polar surface area (TPSA) is 69.6 Å². The monoisotopic (exact) mass is 219 g/mol. The summed E-state index contributed by atoms with van der Waals surface area (Å²) in [5.41, 5.74) is 6.32. The van der Waals surface area contributed by atoms with Crippen LogP contribution >= 0.6 is 12.2 Å². The summed E-state index contributed by atoms with van der Waals surface area (Å²) in [5, 5.41) is 4.10. The molecule has 2 aromatic heterocycles. The van der Waals surface area contributed by atoms with Gasteiger partial charge in [-0.15, -0.1) is 5.10 Å². The Kier molecular flexibility index (Phi) is 2.42. The van der Waals surface area contributed by atoms with Gasteiger partial charge in [0.15, 0.2) is 5.82 Å². The van der Waals surface area contributed by atoms with Gasteiger partial charge in [0.2, 0.25) is 5.82 Å². The number of hydrogen-bond acceptors (Lipinski definition) is 4. The van der Waals surface area contributed by atoms with Crippen LogP contribution in [0.4, 0.5) is 0 Å². The molecule has 0 aromatic carbocycles. The van der Waals surface area contributed by atoms with Gasteiger partial charge in [-0.3, -0.25) is 0 Å². The fourth-order valence-electron chi connectivity index (χ4n) is 1.14. The van der Waals surface area contributed by atoms with E-state index in [9.17, 15) is 0 Å². The van der Waals surface area contributed by atoms with Crippen molar-refractivity contribution in [3.8, 4) is 5.82 Å². The van der Waals surface area contributed by atoms with Crippen molar-refractivity contribution < 1.29 is 0 Å². The van der Waals surface area contributed by atoms with Crippen molar-refractivity contribution in [3.05, 3.63) is 36.0 Å². The molecule has 0 aliphatic rings. The maximum atomic E-state index is 5.41. The molecule has 0 saturated heterocycles. The van der Waals surface area contributed by atoms with Gasteiger partial charge in [-0.25, -0.2) is 14.6 Å². The van der Waals surface area contributed by atoms with E-state index in [-0.39, 0.29) is 4.99 Å². The molecule has 0 aliphatic carbocycles. The maximum absolute atomic E-state index is 5.41. The van der Waals surface area contributed by atoms with Crippen LogP contribution in [-0.4, -0.2) is 24.7 Å². The Hall–Kier alpha value is -1.82. The van der Waals surface area contributed by atoms with E-state index < -0.39 is 0 Å². The number of nitrogens with two attached hydrogens (primary N) is 1. The molecule has 0 amide bonds. The fourth-order valence-corrected chi connectivity index (χ4v) is 1.24. The molecule has 0 bridgehead atoms. The summed E-state index contributed by atoms with van der Waals surface area (Å²) in [5.74, 6) is 1.05. The van der Waals surface area contributed by atoms with Gasteiger partial charge in [-0.2, -0.15) is 0 Å². The minimum atomic E-state index is 0.182. The highest BCUT2D eigenvalue weighted by Crippen LogP contribution is 2.03. The predicted octanol–water partition coefficient (Wildman–Crippen LogP) is 0.605. The third-order valence-corrected chi connectivity index (χ3v) is 2.00. The van der Waals surface area contributed by atoms with E-state index in [1.807, 2.05) is 25.1 Å². The molecule has 0 atom stereocenters. The second-order valence-electron chi connectivity index (χ2n) is 3.01. The van der Waals surface area contributed by atoms with E-state index in [0.717, 1.165) is 5.69 Å². The summed E-state index contributed by atoms with van der Waals surface area (Å²) in [6.45, 7) is 1.91. The van der Waals surface area contributed by atoms with E-state index >= 15 is 0 Å². The standard InChI is InChI=1S/C9H9N5S/c1-6-3-2-4-7(12-6)14-5-11-9(13-14)8(10)15/h2-5H,1H3,(H2,10,15).